The maximum absolute atomic E-state index is 10.5. The third kappa shape index (κ3) is 1.91. The fourth-order valence-corrected chi connectivity index (χ4v) is 1.86. The van der Waals surface area contributed by atoms with Gasteiger partial charge in [-0.2, -0.15) is 0 Å². The second kappa shape index (κ2) is 3.62. The summed E-state index contributed by atoms with van der Waals surface area (Å²) in [6.45, 7) is 0. The van der Waals surface area contributed by atoms with E-state index < -0.39 is 4.92 Å². The SMILES string of the molecule is Nc1nccc(-c2ccc([N+](=O)[O-])s2)n1. The summed E-state index contributed by atoms with van der Waals surface area (Å²) >= 11 is 1.06. The van der Waals surface area contributed by atoms with Gasteiger partial charge < -0.3 is 5.73 Å². The molecule has 0 aliphatic rings. The molecule has 0 spiro atoms. The average molecular weight is 222 g/mol. The van der Waals surface area contributed by atoms with E-state index in [4.69, 9.17) is 5.73 Å². The first-order chi connectivity index (χ1) is 7.16. The second-order valence-electron chi connectivity index (χ2n) is 2.70. The molecule has 0 saturated carbocycles. The second-order valence-corrected chi connectivity index (χ2v) is 3.76. The average Bonchev–Trinajstić information content (AvgIpc) is 2.66. The first-order valence-corrected chi connectivity index (χ1v) is 4.81. The van der Waals surface area contributed by atoms with Crippen molar-refractivity contribution in [2.75, 3.05) is 5.73 Å². The van der Waals surface area contributed by atoms with Crippen LogP contribution in [0, 0.1) is 10.1 Å². The van der Waals surface area contributed by atoms with E-state index in [-0.39, 0.29) is 10.9 Å². The minimum atomic E-state index is -0.432. The van der Waals surface area contributed by atoms with Gasteiger partial charge in [0, 0.05) is 12.3 Å². The smallest absolute Gasteiger partial charge is 0.324 e. The standard InChI is InChI=1S/C8H6N4O2S/c9-8-10-4-3-5(11-8)6-1-2-7(15-6)12(13)14/h1-4H,(H2,9,10,11). The molecule has 76 valence electrons. The summed E-state index contributed by atoms with van der Waals surface area (Å²) in [5.41, 5.74) is 6.01. The summed E-state index contributed by atoms with van der Waals surface area (Å²) in [6.07, 6.45) is 1.52. The highest BCUT2D eigenvalue weighted by molar-refractivity contribution is 7.18. The normalized spacial score (nSPS) is 10.1. The van der Waals surface area contributed by atoms with Gasteiger partial charge in [0.15, 0.2) is 0 Å². The van der Waals surface area contributed by atoms with E-state index in [1.54, 1.807) is 12.1 Å². The van der Waals surface area contributed by atoms with Crippen LogP contribution in [0.25, 0.3) is 10.6 Å². The van der Waals surface area contributed by atoms with Gasteiger partial charge in [-0.25, -0.2) is 9.97 Å². The fourth-order valence-electron chi connectivity index (χ4n) is 1.07. The zero-order valence-electron chi connectivity index (χ0n) is 7.45. The summed E-state index contributed by atoms with van der Waals surface area (Å²) in [5.74, 6) is 0.156. The Morgan fingerprint density at radius 3 is 2.80 bits per heavy atom. The molecule has 2 heterocycles. The molecule has 7 heteroatoms. The van der Waals surface area contributed by atoms with Crippen LogP contribution < -0.4 is 5.73 Å². The van der Waals surface area contributed by atoms with Crippen molar-refractivity contribution in [1.29, 1.82) is 0 Å². The van der Waals surface area contributed by atoms with Crippen LogP contribution in [-0.4, -0.2) is 14.9 Å². The lowest BCUT2D eigenvalue weighted by Gasteiger charge is -1.95. The van der Waals surface area contributed by atoms with E-state index in [1.807, 2.05) is 0 Å². The van der Waals surface area contributed by atoms with E-state index >= 15 is 0 Å². The van der Waals surface area contributed by atoms with Crippen molar-refractivity contribution >= 4 is 22.3 Å². The lowest BCUT2D eigenvalue weighted by molar-refractivity contribution is -0.380. The molecule has 15 heavy (non-hydrogen) atoms. The third-order valence-corrected chi connectivity index (χ3v) is 2.76. The monoisotopic (exact) mass is 222 g/mol. The number of aromatic nitrogens is 2. The summed E-state index contributed by atoms with van der Waals surface area (Å²) in [4.78, 5) is 18.5. The Balaban J connectivity index is 2.41. The number of rotatable bonds is 2. The Bertz CT molecular complexity index is 511. The zero-order valence-corrected chi connectivity index (χ0v) is 8.27. The van der Waals surface area contributed by atoms with Crippen LogP contribution in [0.1, 0.15) is 0 Å². The number of nitrogens with zero attached hydrogens (tertiary/aromatic N) is 3. The molecule has 0 saturated heterocycles. The van der Waals surface area contributed by atoms with Crippen molar-refractivity contribution < 1.29 is 4.92 Å². The minimum Gasteiger partial charge on any atom is -0.368 e. The third-order valence-electron chi connectivity index (χ3n) is 1.70. The van der Waals surface area contributed by atoms with E-state index in [0.29, 0.717) is 10.6 Å². The molecule has 6 nitrogen and oxygen atoms in total. The van der Waals surface area contributed by atoms with Crippen molar-refractivity contribution in [1.82, 2.24) is 9.97 Å². The van der Waals surface area contributed by atoms with Crippen molar-refractivity contribution in [2.45, 2.75) is 0 Å². The van der Waals surface area contributed by atoms with Gasteiger partial charge in [0.1, 0.15) is 0 Å². The van der Waals surface area contributed by atoms with Crippen LogP contribution in [-0.2, 0) is 0 Å². The molecule has 0 amide bonds. The van der Waals surface area contributed by atoms with Gasteiger partial charge in [-0.15, -0.1) is 0 Å². The summed E-state index contributed by atoms with van der Waals surface area (Å²) < 4.78 is 0. The predicted molar refractivity (Wildman–Crippen MR) is 56.4 cm³/mol. The maximum atomic E-state index is 10.5. The van der Waals surface area contributed by atoms with Crippen LogP contribution in [0.4, 0.5) is 10.9 Å². The van der Waals surface area contributed by atoms with Gasteiger partial charge in [-0.3, -0.25) is 10.1 Å². The molecule has 0 bridgehead atoms. The summed E-state index contributed by atoms with van der Waals surface area (Å²) in [5, 5.41) is 10.6. The first-order valence-electron chi connectivity index (χ1n) is 4.00. The van der Waals surface area contributed by atoms with Gasteiger partial charge in [0.25, 0.3) is 0 Å². The van der Waals surface area contributed by atoms with Crippen LogP contribution in [0.3, 0.4) is 0 Å². The number of hydrogen-bond donors (Lipinski definition) is 1. The molecular weight excluding hydrogens is 216 g/mol. The van der Waals surface area contributed by atoms with E-state index in [9.17, 15) is 10.1 Å². The van der Waals surface area contributed by atoms with Gasteiger partial charge >= 0.3 is 5.00 Å². The van der Waals surface area contributed by atoms with Gasteiger partial charge in [0.2, 0.25) is 5.95 Å². The number of hydrogen-bond acceptors (Lipinski definition) is 6. The van der Waals surface area contributed by atoms with E-state index in [0.717, 1.165) is 11.3 Å². The first kappa shape index (κ1) is 9.53. The molecule has 0 aliphatic heterocycles. The number of anilines is 1. The Morgan fingerprint density at radius 2 is 2.20 bits per heavy atom. The quantitative estimate of drug-likeness (QED) is 0.616. The molecule has 0 atom stereocenters. The molecule has 0 aliphatic carbocycles. The van der Waals surface area contributed by atoms with Gasteiger partial charge in [-0.1, -0.05) is 11.3 Å². The molecule has 2 aromatic heterocycles. The molecule has 2 N–H and O–H groups in total. The van der Waals surface area contributed by atoms with Crippen molar-refractivity contribution in [3.63, 3.8) is 0 Å². The number of nitrogen functional groups attached to an aromatic ring is 1. The number of nitro groups is 1. The number of nitrogens with two attached hydrogens (primary N) is 1. The minimum absolute atomic E-state index is 0.0854. The van der Waals surface area contributed by atoms with Crippen molar-refractivity contribution in [3.05, 3.63) is 34.5 Å². The van der Waals surface area contributed by atoms with Crippen LogP contribution in [0.15, 0.2) is 24.4 Å². The molecule has 2 aromatic rings. The van der Waals surface area contributed by atoms with Crippen LogP contribution in [0.2, 0.25) is 0 Å². The maximum Gasteiger partial charge on any atom is 0.324 e. The van der Waals surface area contributed by atoms with E-state index in [2.05, 4.69) is 9.97 Å². The predicted octanol–water partition coefficient (Wildman–Crippen LogP) is 1.70. The molecule has 0 unspecified atom stereocenters. The van der Waals surface area contributed by atoms with Crippen LogP contribution in [0.5, 0.6) is 0 Å². The fraction of sp³-hybridized carbons (Fsp3) is 0. The number of thiophene rings is 1. The van der Waals surface area contributed by atoms with Crippen LogP contribution >= 0.6 is 11.3 Å². The summed E-state index contributed by atoms with van der Waals surface area (Å²) in [7, 11) is 0. The lowest BCUT2D eigenvalue weighted by Crippen LogP contribution is -1.93. The Hall–Kier alpha value is -2.02. The lowest BCUT2D eigenvalue weighted by atomic mass is 10.3. The molecular formula is C8H6N4O2S. The highest BCUT2D eigenvalue weighted by Gasteiger charge is 2.11. The Morgan fingerprint density at radius 1 is 1.40 bits per heavy atom. The van der Waals surface area contributed by atoms with Gasteiger partial charge in [0.05, 0.1) is 15.5 Å². The highest BCUT2D eigenvalue weighted by Crippen LogP contribution is 2.31. The van der Waals surface area contributed by atoms with Crippen molar-refractivity contribution in [2.24, 2.45) is 0 Å². The van der Waals surface area contributed by atoms with E-state index in [1.165, 1.54) is 12.3 Å². The molecule has 0 aromatic carbocycles. The summed E-state index contributed by atoms with van der Waals surface area (Å²) in [6, 6.07) is 4.74. The molecule has 0 radical (unpaired) electrons. The highest BCUT2D eigenvalue weighted by atomic mass is 32.1. The Labute approximate surface area is 88.6 Å². The molecule has 0 fully saturated rings. The van der Waals surface area contributed by atoms with Crippen molar-refractivity contribution in [3.8, 4) is 10.6 Å². The van der Waals surface area contributed by atoms with Gasteiger partial charge in [-0.05, 0) is 12.1 Å². The largest absolute Gasteiger partial charge is 0.368 e. The zero-order chi connectivity index (χ0) is 10.8. The topological polar surface area (TPSA) is 94.9 Å². The molecule has 2 rings (SSSR count). The Kier molecular flexibility index (Phi) is 2.30.